The largest absolute Gasteiger partial charge is 0.413 e. The fourth-order valence-corrected chi connectivity index (χ4v) is 8.42. The SMILES string of the molecule is C[C@@H](O[Si](C)(C)C(C)(C)C)[C@H]1C(=O)N([Si](C)(C)C(C)(C)C)[C@@H]1[C@@H](C)C(=O)COCc1ccccc1. The maximum absolute atomic E-state index is 13.7. The predicted octanol–water partition coefficient (Wildman–Crippen LogP) is 6.65. The lowest BCUT2D eigenvalue weighted by molar-refractivity contribution is -0.160. The van der Waals surface area contributed by atoms with Crippen LogP contribution in [0.2, 0.25) is 36.3 Å². The fourth-order valence-electron chi connectivity index (χ4n) is 4.44. The van der Waals surface area contributed by atoms with Crippen LogP contribution in [-0.4, -0.2) is 51.6 Å². The Morgan fingerprint density at radius 1 is 0.971 bits per heavy atom. The first kappa shape index (κ1) is 29.9. The topological polar surface area (TPSA) is 55.8 Å². The molecule has 1 saturated heterocycles. The monoisotopic (exact) mass is 519 g/mol. The molecule has 1 aliphatic rings. The minimum Gasteiger partial charge on any atom is -0.413 e. The van der Waals surface area contributed by atoms with Crippen LogP contribution in [0, 0.1) is 11.8 Å². The number of ether oxygens (including phenoxy) is 1. The van der Waals surface area contributed by atoms with E-state index in [1.807, 2.05) is 44.2 Å². The van der Waals surface area contributed by atoms with E-state index in [1.54, 1.807) is 0 Å². The van der Waals surface area contributed by atoms with Crippen molar-refractivity contribution < 1.29 is 18.8 Å². The Labute approximate surface area is 216 Å². The molecule has 1 heterocycles. The molecule has 5 nitrogen and oxygen atoms in total. The molecular weight excluding hydrogens is 470 g/mol. The number of carbonyl (C=O) groups excluding carboxylic acids is 2. The smallest absolute Gasteiger partial charge is 0.222 e. The van der Waals surface area contributed by atoms with Gasteiger partial charge in [-0.1, -0.05) is 91.9 Å². The van der Waals surface area contributed by atoms with Gasteiger partial charge in [0.1, 0.15) is 6.61 Å². The number of carbonyl (C=O) groups is 2. The molecule has 1 aromatic rings. The van der Waals surface area contributed by atoms with Crippen molar-refractivity contribution in [3.05, 3.63) is 35.9 Å². The number of rotatable bonds is 10. The van der Waals surface area contributed by atoms with Gasteiger partial charge in [-0.25, -0.2) is 0 Å². The zero-order valence-electron chi connectivity index (χ0n) is 24.2. The first-order chi connectivity index (χ1) is 15.8. The molecule has 1 aliphatic heterocycles. The molecule has 2 rings (SSSR count). The van der Waals surface area contributed by atoms with Crippen molar-refractivity contribution in [2.24, 2.45) is 11.8 Å². The maximum atomic E-state index is 13.7. The van der Waals surface area contributed by atoms with Crippen LogP contribution in [0.3, 0.4) is 0 Å². The highest BCUT2D eigenvalue weighted by molar-refractivity contribution is 6.80. The number of nitrogens with zero attached hydrogens (tertiary/aromatic N) is 1. The normalized spacial score (nSPS) is 21.5. The number of Topliss-reactive ketones (excluding diaryl/α,β-unsaturated/α-hetero) is 1. The summed E-state index contributed by atoms with van der Waals surface area (Å²) in [4.78, 5) is 27.1. The summed E-state index contributed by atoms with van der Waals surface area (Å²) < 4.78 is 14.6. The Bertz CT molecular complexity index is 886. The zero-order chi connectivity index (χ0) is 27.0. The van der Waals surface area contributed by atoms with Crippen LogP contribution < -0.4 is 0 Å². The van der Waals surface area contributed by atoms with Crippen molar-refractivity contribution in [1.82, 2.24) is 4.57 Å². The highest BCUT2D eigenvalue weighted by Crippen LogP contribution is 2.49. The molecule has 0 bridgehead atoms. The minimum atomic E-state index is -2.18. The third kappa shape index (κ3) is 6.35. The van der Waals surface area contributed by atoms with Gasteiger partial charge in [0.2, 0.25) is 5.91 Å². The molecule has 1 fully saturated rings. The summed E-state index contributed by atoms with van der Waals surface area (Å²) in [7, 11) is -4.24. The van der Waals surface area contributed by atoms with E-state index in [4.69, 9.17) is 9.16 Å². The summed E-state index contributed by atoms with van der Waals surface area (Å²) in [6.45, 7) is 26.7. The van der Waals surface area contributed by atoms with Crippen LogP contribution in [0.25, 0.3) is 0 Å². The van der Waals surface area contributed by atoms with Crippen LogP contribution in [-0.2, 0) is 25.4 Å². The van der Waals surface area contributed by atoms with Crippen LogP contribution in [0.4, 0.5) is 0 Å². The summed E-state index contributed by atoms with van der Waals surface area (Å²) in [5, 5.41) is 0.0391. The van der Waals surface area contributed by atoms with Crippen molar-refractivity contribution in [3.63, 3.8) is 0 Å². The summed E-state index contributed by atoms with van der Waals surface area (Å²) >= 11 is 0. The highest BCUT2D eigenvalue weighted by atomic mass is 28.4. The van der Waals surface area contributed by atoms with Gasteiger partial charge in [-0.3, -0.25) is 9.59 Å². The Hall–Kier alpha value is -1.29. The Morgan fingerprint density at radius 2 is 1.51 bits per heavy atom. The number of benzene rings is 1. The quantitative estimate of drug-likeness (QED) is 0.256. The van der Waals surface area contributed by atoms with Crippen LogP contribution >= 0.6 is 0 Å². The van der Waals surface area contributed by atoms with E-state index in [1.165, 1.54) is 0 Å². The third-order valence-corrected chi connectivity index (χ3v) is 18.8. The molecule has 35 heavy (non-hydrogen) atoms. The van der Waals surface area contributed by atoms with Gasteiger partial charge in [-0.2, -0.15) is 0 Å². The van der Waals surface area contributed by atoms with E-state index in [-0.39, 0.29) is 52.4 Å². The Balaban J connectivity index is 2.26. The highest BCUT2D eigenvalue weighted by Gasteiger charge is 2.61. The lowest BCUT2D eigenvalue weighted by atomic mass is 9.77. The summed E-state index contributed by atoms with van der Waals surface area (Å²) in [5.41, 5.74) is 1.05. The summed E-state index contributed by atoms with van der Waals surface area (Å²) in [6, 6.07) is 9.73. The van der Waals surface area contributed by atoms with E-state index >= 15 is 0 Å². The fraction of sp³-hybridized carbons (Fsp3) is 0.714. The molecule has 0 radical (unpaired) electrons. The number of amides is 1. The van der Waals surface area contributed by atoms with E-state index in [0.29, 0.717) is 6.61 Å². The Morgan fingerprint density at radius 3 is 2.00 bits per heavy atom. The van der Waals surface area contributed by atoms with Crippen molar-refractivity contribution in [2.75, 3.05) is 6.61 Å². The second kappa shape index (κ2) is 10.6. The summed E-state index contributed by atoms with van der Waals surface area (Å²) in [5.74, 6) is -0.413. The van der Waals surface area contributed by atoms with E-state index in [0.717, 1.165) is 5.56 Å². The molecule has 4 atom stereocenters. The van der Waals surface area contributed by atoms with E-state index in [9.17, 15) is 9.59 Å². The van der Waals surface area contributed by atoms with E-state index in [2.05, 4.69) is 72.3 Å². The van der Waals surface area contributed by atoms with Gasteiger partial charge in [0.25, 0.3) is 0 Å². The molecule has 1 amide bonds. The van der Waals surface area contributed by atoms with E-state index < -0.39 is 16.6 Å². The molecule has 0 aliphatic carbocycles. The number of ketones is 1. The van der Waals surface area contributed by atoms with Crippen LogP contribution in [0.1, 0.15) is 61.0 Å². The molecule has 7 heteroatoms. The van der Waals surface area contributed by atoms with Gasteiger partial charge >= 0.3 is 0 Å². The number of hydrogen-bond donors (Lipinski definition) is 0. The molecule has 0 N–H and O–H groups in total. The van der Waals surface area contributed by atoms with Gasteiger partial charge in [0, 0.05) is 12.0 Å². The standard InChI is InChI=1S/C28H49NO4Si2/c1-20(23(30)19-32-18-22-16-14-13-15-17-22)25-24(21(2)33-35(11,12)28(6,7)8)26(31)29(25)34(9,10)27(3,4)5/h13-17,20-21,24-25H,18-19H2,1-12H3/t20-,21+,24+,25+/m0/s1. The van der Waals surface area contributed by atoms with Crippen LogP contribution in [0.5, 0.6) is 0 Å². The summed E-state index contributed by atoms with van der Waals surface area (Å²) in [6.07, 6.45) is -0.227. The molecule has 0 spiro atoms. The molecule has 0 saturated carbocycles. The third-order valence-electron chi connectivity index (χ3n) is 8.79. The second-order valence-electron chi connectivity index (χ2n) is 13.4. The lowest BCUT2D eigenvalue weighted by Crippen LogP contribution is -2.77. The van der Waals surface area contributed by atoms with Crippen molar-refractivity contribution >= 4 is 28.2 Å². The van der Waals surface area contributed by atoms with Gasteiger partial charge in [-0.05, 0) is 35.7 Å². The minimum absolute atomic E-state index is 0.0119. The van der Waals surface area contributed by atoms with Gasteiger partial charge in [-0.15, -0.1) is 0 Å². The van der Waals surface area contributed by atoms with Gasteiger partial charge in [0.05, 0.1) is 18.6 Å². The molecule has 198 valence electrons. The molecular formula is C28H49NO4Si2. The number of hydrogen-bond acceptors (Lipinski definition) is 4. The zero-order valence-corrected chi connectivity index (χ0v) is 26.2. The first-order valence-corrected chi connectivity index (χ1v) is 18.8. The van der Waals surface area contributed by atoms with Crippen molar-refractivity contribution in [3.8, 4) is 0 Å². The van der Waals surface area contributed by atoms with Gasteiger partial charge in [0.15, 0.2) is 22.3 Å². The second-order valence-corrected chi connectivity index (χ2v) is 23.2. The van der Waals surface area contributed by atoms with Crippen molar-refractivity contribution in [1.29, 1.82) is 0 Å². The molecule has 0 unspecified atom stereocenters. The van der Waals surface area contributed by atoms with Crippen LogP contribution in [0.15, 0.2) is 30.3 Å². The Kier molecular flexibility index (Phi) is 9.07. The maximum Gasteiger partial charge on any atom is 0.222 e. The average Bonchev–Trinajstić information content (AvgIpc) is 2.69. The first-order valence-electron chi connectivity index (χ1n) is 13.0. The van der Waals surface area contributed by atoms with Crippen molar-refractivity contribution in [2.45, 2.75) is 110 Å². The molecule has 1 aromatic carbocycles. The molecule has 0 aromatic heterocycles. The van der Waals surface area contributed by atoms with Gasteiger partial charge < -0.3 is 13.7 Å². The average molecular weight is 520 g/mol. The predicted molar refractivity (Wildman–Crippen MR) is 149 cm³/mol. The number of β-lactam (4-membered cyclic amide) rings is 1. The lowest BCUT2D eigenvalue weighted by Gasteiger charge is -2.61.